The quantitative estimate of drug-likeness (QED) is 0.808. The lowest BCUT2D eigenvalue weighted by Crippen LogP contribution is -2.52. The van der Waals surface area contributed by atoms with Gasteiger partial charge in [0.1, 0.15) is 6.61 Å². The molecule has 2 rings (SSSR count). The third kappa shape index (κ3) is 4.02. The van der Waals surface area contributed by atoms with Crippen LogP contribution >= 0.6 is 0 Å². The minimum absolute atomic E-state index is 0.277. The summed E-state index contributed by atoms with van der Waals surface area (Å²) in [5.74, 6) is 0. The Kier molecular flexibility index (Phi) is 3.69. The van der Waals surface area contributed by atoms with E-state index in [2.05, 4.69) is 4.90 Å². The van der Waals surface area contributed by atoms with Gasteiger partial charge >= 0.3 is 6.18 Å². The molecule has 0 saturated carbocycles. The number of likely N-dealkylation sites (tertiary alicyclic amines) is 1. The Morgan fingerprint density at radius 3 is 2.41 bits per heavy atom. The maximum Gasteiger partial charge on any atom is 0.411 e. The Labute approximate surface area is 98.0 Å². The molecule has 1 aromatic carbocycles. The molecule has 1 aliphatic heterocycles. The van der Waals surface area contributed by atoms with Crippen LogP contribution in [0.3, 0.4) is 0 Å². The zero-order valence-corrected chi connectivity index (χ0v) is 9.28. The fourth-order valence-electron chi connectivity index (χ4n) is 1.81. The third-order valence-corrected chi connectivity index (χ3v) is 2.66. The van der Waals surface area contributed by atoms with Crippen molar-refractivity contribution in [3.05, 3.63) is 35.9 Å². The van der Waals surface area contributed by atoms with Crippen molar-refractivity contribution in [2.24, 2.45) is 0 Å². The van der Waals surface area contributed by atoms with E-state index in [0.717, 1.165) is 6.54 Å². The highest BCUT2D eigenvalue weighted by Gasteiger charge is 2.33. The van der Waals surface area contributed by atoms with Crippen molar-refractivity contribution in [1.82, 2.24) is 4.90 Å². The highest BCUT2D eigenvalue weighted by molar-refractivity contribution is 5.14. The molecular formula is C12H14F3NO. The van der Waals surface area contributed by atoms with Crippen LogP contribution in [0.5, 0.6) is 0 Å². The van der Waals surface area contributed by atoms with Crippen LogP contribution in [0.25, 0.3) is 0 Å². The zero-order valence-electron chi connectivity index (χ0n) is 9.28. The van der Waals surface area contributed by atoms with E-state index in [4.69, 9.17) is 4.74 Å². The molecule has 2 nitrogen and oxygen atoms in total. The molecule has 1 aliphatic rings. The van der Waals surface area contributed by atoms with Crippen LogP contribution in [0.15, 0.2) is 30.3 Å². The van der Waals surface area contributed by atoms with E-state index in [1.165, 1.54) is 5.56 Å². The van der Waals surface area contributed by atoms with Crippen molar-refractivity contribution in [2.45, 2.75) is 18.8 Å². The predicted molar refractivity (Wildman–Crippen MR) is 57.5 cm³/mol. The summed E-state index contributed by atoms with van der Waals surface area (Å²) in [4.78, 5) is 2.07. The number of benzene rings is 1. The summed E-state index contributed by atoms with van der Waals surface area (Å²) in [5, 5.41) is 0. The largest absolute Gasteiger partial charge is 0.411 e. The summed E-state index contributed by atoms with van der Waals surface area (Å²) in [7, 11) is 0. The smallest absolute Gasteiger partial charge is 0.366 e. The van der Waals surface area contributed by atoms with Gasteiger partial charge in [0, 0.05) is 19.6 Å². The Hall–Kier alpha value is -1.07. The van der Waals surface area contributed by atoms with Gasteiger partial charge in [0.05, 0.1) is 6.10 Å². The van der Waals surface area contributed by atoms with Gasteiger partial charge < -0.3 is 4.74 Å². The second-order valence-corrected chi connectivity index (χ2v) is 4.23. The normalized spacial score (nSPS) is 18.1. The molecule has 0 aromatic heterocycles. The first-order chi connectivity index (χ1) is 8.03. The maximum atomic E-state index is 11.9. The molecule has 1 fully saturated rings. The summed E-state index contributed by atoms with van der Waals surface area (Å²) < 4.78 is 40.4. The number of hydrogen-bond acceptors (Lipinski definition) is 2. The molecule has 0 unspecified atom stereocenters. The molecule has 94 valence electrons. The summed E-state index contributed by atoms with van der Waals surface area (Å²) in [6.45, 7) is 0.777. The molecular weight excluding hydrogens is 231 g/mol. The molecule has 1 saturated heterocycles. The van der Waals surface area contributed by atoms with E-state index in [0.29, 0.717) is 13.1 Å². The van der Waals surface area contributed by atoms with Crippen LogP contribution in [0.4, 0.5) is 13.2 Å². The Morgan fingerprint density at radius 2 is 1.82 bits per heavy atom. The van der Waals surface area contributed by atoms with Gasteiger partial charge in [-0.15, -0.1) is 0 Å². The number of ether oxygens (including phenoxy) is 1. The third-order valence-electron chi connectivity index (χ3n) is 2.66. The number of nitrogens with zero attached hydrogens (tertiary/aromatic N) is 1. The summed E-state index contributed by atoms with van der Waals surface area (Å²) in [6, 6.07) is 9.85. The lowest BCUT2D eigenvalue weighted by Gasteiger charge is -2.39. The van der Waals surface area contributed by atoms with Crippen LogP contribution in [0.2, 0.25) is 0 Å². The predicted octanol–water partition coefficient (Wildman–Crippen LogP) is 2.45. The molecule has 0 amide bonds. The second kappa shape index (κ2) is 5.06. The second-order valence-electron chi connectivity index (χ2n) is 4.23. The van der Waals surface area contributed by atoms with E-state index >= 15 is 0 Å². The molecule has 0 N–H and O–H groups in total. The van der Waals surface area contributed by atoms with Gasteiger partial charge in [0.25, 0.3) is 0 Å². The van der Waals surface area contributed by atoms with E-state index in [-0.39, 0.29) is 6.10 Å². The molecule has 0 atom stereocenters. The van der Waals surface area contributed by atoms with E-state index in [1.807, 2.05) is 30.3 Å². The van der Waals surface area contributed by atoms with Crippen LogP contribution in [-0.2, 0) is 11.3 Å². The first-order valence-electron chi connectivity index (χ1n) is 5.47. The lowest BCUT2D eigenvalue weighted by molar-refractivity contribution is -0.199. The topological polar surface area (TPSA) is 12.5 Å². The first-order valence-corrected chi connectivity index (χ1v) is 5.47. The van der Waals surface area contributed by atoms with Gasteiger partial charge in [-0.25, -0.2) is 0 Å². The Balaban J connectivity index is 1.66. The van der Waals surface area contributed by atoms with Crippen LogP contribution in [0, 0.1) is 0 Å². The highest BCUT2D eigenvalue weighted by Crippen LogP contribution is 2.20. The maximum absolute atomic E-state index is 11.9. The number of halogens is 3. The van der Waals surface area contributed by atoms with Crippen molar-refractivity contribution in [2.75, 3.05) is 19.7 Å². The minimum atomic E-state index is -4.22. The Morgan fingerprint density at radius 1 is 1.18 bits per heavy atom. The number of alkyl halides is 3. The van der Waals surface area contributed by atoms with Gasteiger partial charge in [0.2, 0.25) is 0 Å². The van der Waals surface area contributed by atoms with Gasteiger partial charge in [-0.05, 0) is 5.56 Å². The van der Waals surface area contributed by atoms with Crippen LogP contribution in [0.1, 0.15) is 5.56 Å². The van der Waals surface area contributed by atoms with Gasteiger partial charge in [-0.3, -0.25) is 4.90 Å². The summed E-state index contributed by atoms with van der Waals surface area (Å²) >= 11 is 0. The highest BCUT2D eigenvalue weighted by atomic mass is 19.4. The minimum Gasteiger partial charge on any atom is -0.366 e. The van der Waals surface area contributed by atoms with E-state index in [9.17, 15) is 13.2 Å². The van der Waals surface area contributed by atoms with Crippen molar-refractivity contribution >= 4 is 0 Å². The summed E-state index contributed by atoms with van der Waals surface area (Å²) in [5.41, 5.74) is 1.17. The molecule has 0 bridgehead atoms. The average Bonchev–Trinajstić information content (AvgIpc) is 2.21. The average molecular weight is 245 g/mol. The molecule has 17 heavy (non-hydrogen) atoms. The fraction of sp³-hybridized carbons (Fsp3) is 0.500. The standard InChI is InChI=1S/C12H14F3NO/c13-12(14,15)9-17-11-7-16(8-11)6-10-4-2-1-3-5-10/h1-5,11H,6-9H2. The number of rotatable bonds is 4. The molecule has 5 heteroatoms. The van der Waals surface area contributed by atoms with Crippen molar-refractivity contribution in [3.63, 3.8) is 0 Å². The Bertz CT molecular complexity index is 347. The molecule has 1 heterocycles. The zero-order chi connectivity index (χ0) is 12.3. The van der Waals surface area contributed by atoms with Gasteiger partial charge in [0.15, 0.2) is 0 Å². The van der Waals surface area contributed by atoms with Crippen molar-refractivity contribution in [1.29, 1.82) is 0 Å². The molecule has 0 spiro atoms. The SMILES string of the molecule is FC(F)(F)COC1CN(Cc2ccccc2)C1. The van der Waals surface area contributed by atoms with Crippen molar-refractivity contribution in [3.8, 4) is 0 Å². The van der Waals surface area contributed by atoms with E-state index < -0.39 is 12.8 Å². The van der Waals surface area contributed by atoms with Crippen molar-refractivity contribution < 1.29 is 17.9 Å². The molecule has 1 aromatic rings. The van der Waals surface area contributed by atoms with Gasteiger partial charge in [-0.1, -0.05) is 30.3 Å². The van der Waals surface area contributed by atoms with Crippen LogP contribution in [-0.4, -0.2) is 36.9 Å². The molecule has 0 aliphatic carbocycles. The molecule has 0 radical (unpaired) electrons. The van der Waals surface area contributed by atoms with Gasteiger partial charge in [-0.2, -0.15) is 13.2 Å². The lowest BCUT2D eigenvalue weighted by atomic mass is 10.1. The van der Waals surface area contributed by atoms with E-state index in [1.54, 1.807) is 0 Å². The number of hydrogen-bond donors (Lipinski definition) is 0. The first kappa shape index (κ1) is 12.4. The van der Waals surface area contributed by atoms with Crippen LogP contribution < -0.4 is 0 Å². The monoisotopic (exact) mass is 245 g/mol. The summed E-state index contributed by atoms with van der Waals surface area (Å²) in [6.07, 6.45) is -4.50. The fourth-order valence-corrected chi connectivity index (χ4v) is 1.81.